The highest BCUT2D eigenvalue weighted by Gasteiger charge is 2.59. The summed E-state index contributed by atoms with van der Waals surface area (Å²) in [6.07, 6.45) is 1.05. The van der Waals surface area contributed by atoms with E-state index in [0.29, 0.717) is 11.1 Å². The second-order valence-corrected chi connectivity index (χ2v) is 4.17. The molecule has 1 unspecified atom stereocenters. The second kappa shape index (κ2) is 3.83. The molecule has 1 aromatic carbocycles. The summed E-state index contributed by atoms with van der Waals surface area (Å²) < 4.78 is 4.86. The minimum Gasteiger partial charge on any atom is -0.462 e. The maximum absolute atomic E-state index is 12.1. The first kappa shape index (κ1) is 11.7. The van der Waals surface area contributed by atoms with E-state index in [0.717, 1.165) is 11.3 Å². The molecule has 2 aliphatic rings. The van der Waals surface area contributed by atoms with Crippen molar-refractivity contribution in [3.8, 4) is 0 Å². The number of carbonyl (C=O) groups is 2. The van der Waals surface area contributed by atoms with Crippen LogP contribution in [0.15, 0.2) is 36.1 Å². The summed E-state index contributed by atoms with van der Waals surface area (Å²) in [4.78, 5) is 28.9. The van der Waals surface area contributed by atoms with E-state index >= 15 is 0 Å². The van der Waals surface area contributed by atoms with Crippen LogP contribution < -0.4 is 0 Å². The van der Waals surface area contributed by atoms with E-state index in [4.69, 9.17) is 9.57 Å². The Morgan fingerprint density at radius 1 is 1.47 bits per heavy atom. The Kier molecular flexibility index (Phi) is 2.36. The molecule has 0 bridgehead atoms. The second-order valence-electron chi connectivity index (χ2n) is 4.17. The Hall–Kier alpha value is -2.34. The average Bonchev–Trinajstić information content (AvgIpc) is 2.85. The molecule has 0 aromatic heterocycles. The van der Waals surface area contributed by atoms with Gasteiger partial charge in [-0.05, 0) is 13.0 Å². The van der Waals surface area contributed by atoms with Crippen LogP contribution >= 0.6 is 0 Å². The standard InChI is InChI=1S/C13H11NO5/c1-2-18-12(16)10-7-19-14-11(15)8-5-3-4-6-9(8)13(10,14)17/h3-7,17H,2H2,1H3. The minimum absolute atomic E-state index is 0.104. The maximum Gasteiger partial charge on any atom is 0.342 e. The van der Waals surface area contributed by atoms with Crippen molar-refractivity contribution in [2.45, 2.75) is 12.6 Å². The lowest BCUT2D eigenvalue weighted by Gasteiger charge is -2.25. The summed E-state index contributed by atoms with van der Waals surface area (Å²) in [7, 11) is 0. The molecule has 1 N–H and O–H groups in total. The normalized spacial score (nSPS) is 23.6. The topological polar surface area (TPSA) is 76.1 Å². The molecule has 1 atom stereocenters. The number of carbonyl (C=O) groups excluding carboxylic acids is 2. The first-order valence-corrected chi connectivity index (χ1v) is 5.81. The van der Waals surface area contributed by atoms with Crippen molar-refractivity contribution >= 4 is 11.9 Å². The van der Waals surface area contributed by atoms with Crippen LogP contribution in [-0.2, 0) is 20.1 Å². The zero-order chi connectivity index (χ0) is 13.6. The van der Waals surface area contributed by atoms with Gasteiger partial charge in [-0.2, -0.15) is 0 Å². The highest BCUT2D eigenvalue weighted by atomic mass is 16.7. The van der Waals surface area contributed by atoms with Crippen molar-refractivity contribution in [3.05, 3.63) is 47.2 Å². The Balaban J connectivity index is 2.12. The van der Waals surface area contributed by atoms with Crippen LogP contribution in [0.1, 0.15) is 22.8 Å². The monoisotopic (exact) mass is 261 g/mol. The SMILES string of the molecule is CCOC(=O)C1=CON2C(=O)c3ccccc3C12O. The van der Waals surface area contributed by atoms with E-state index in [2.05, 4.69) is 0 Å². The molecular weight excluding hydrogens is 250 g/mol. The van der Waals surface area contributed by atoms with Gasteiger partial charge in [0.2, 0.25) is 5.72 Å². The summed E-state index contributed by atoms with van der Waals surface area (Å²) in [5.41, 5.74) is -1.38. The maximum atomic E-state index is 12.1. The summed E-state index contributed by atoms with van der Waals surface area (Å²) in [5.74, 6) is -1.20. The van der Waals surface area contributed by atoms with E-state index in [9.17, 15) is 14.7 Å². The smallest absolute Gasteiger partial charge is 0.342 e. The zero-order valence-corrected chi connectivity index (χ0v) is 10.1. The molecule has 1 aromatic rings. The molecule has 0 saturated heterocycles. The van der Waals surface area contributed by atoms with Gasteiger partial charge in [0, 0.05) is 5.56 Å². The Morgan fingerprint density at radius 3 is 2.95 bits per heavy atom. The summed E-state index contributed by atoms with van der Waals surface area (Å²) in [5, 5.41) is 11.5. The Bertz CT molecular complexity index is 609. The molecule has 2 heterocycles. The quantitative estimate of drug-likeness (QED) is 0.792. The number of amides is 1. The summed E-state index contributed by atoms with van der Waals surface area (Å²) in [6.45, 7) is 1.83. The van der Waals surface area contributed by atoms with Gasteiger partial charge in [0.1, 0.15) is 11.8 Å². The fraction of sp³-hybridized carbons (Fsp3) is 0.231. The Labute approximate surface area is 108 Å². The van der Waals surface area contributed by atoms with Crippen LogP contribution in [0.2, 0.25) is 0 Å². The molecule has 0 spiro atoms. The molecule has 6 heteroatoms. The molecule has 19 heavy (non-hydrogen) atoms. The number of benzene rings is 1. The Morgan fingerprint density at radius 2 is 2.21 bits per heavy atom. The number of aliphatic hydroxyl groups is 1. The van der Waals surface area contributed by atoms with Crippen LogP contribution in [0.5, 0.6) is 0 Å². The van der Waals surface area contributed by atoms with Crippen molar-refractivity contribution in [2.24, 2.45) is 0 Å². The predicted molar refractivity (Wildman–Crippen MR) is 62.3 cm³/mol. The first-order valence-electron chi connectivity index (χ1n) is 5.81. The minimum atomic E-state index is -1.90. The third kappa shape index (κ3) is 1.34. The van der Waals surface area contributed by atoms with Crippen molar-refractivity contribution in [3.63, 3.8) is 0 Å². The number of nitrogens with zero attached hydrogens (tertiary/aromatic N) is 1. The lowest BCUT2D eigenvalue weighted by Crippen LogP contribution is -2.42. The number of ether oxygens (including phenoxy) is 1. The number of fused-ring (bicyclic) bond motifs is 3. The van der Waals surface area contributed by atoms with Crippen molar-refractivity contribution in [1.29, 1.82) is 0 Å². The molecule has 0 radical (unpaired) electrons. The van der Waals surface area contributed by atoms with Gasteiger partial charge in [-0.3, -0.25) is 4.79 Å². The van der Waals surface area contributed by atoms with E-state index in [1.54, 1.807) is 31.2 Å². The van der Waals surface area contributed by atoms with Gasteiger partial charge in [0.05, 0.1) is 12.2 Å². The zero-order valence-electron chi connectivity index (χ0n) is 10.1. The highest BCUT2D eigenvalue weighted by molar-refractivity contribution is 6.03. The lowest BCUT2D eigenvalue weighted by molar-refractivity contribution is -0.187. The van der Waals surface area contributed by atoms with Crippen LogP contribution in [0, 0.1) is 0 Å². The van der Waals surface area contributed by atoms with Gasteiger partial charge in [-0.25, -0.2) is 4.79 Å². The average molecular weight is 261 g/mol. The van der Waals surface area contributed by atoms with Gasteiger partial charge in [-0.15, -0.1) is 5.06 Å². The molecule has 0 saturated carbocycles. The van der Waals surface area contributed by atoms with Gasteiger partial charge >= 0.3 is 5.97 Å². The van der Waals surface area contributed by atoms with Crippen LogP contribution in [-0.4, -0.2) is 28.7 Å². The number of hydrogen-bond acceptors (Lipinski definition) is 5. The number of hydrogen-bond donors (Lipinski definition) is 1. The van der Waals surface area contributed by atoms with Crippen LogP contribution in [0.3, 0.4) is 0 Å². The first-order chi connectivity index (χ1) is 9.10. The highest BCUT2D eigenvalue weighted by Crippen LogP contribution is 2.46. The number of rotatable bonds is 2. The van der Waals surface area contributed by atoms with Gasteiger partial charge in [0.25, 0.3) is 5.91 Å². The molecule has 98 valence electrons. The van der Waals surface area contributed by atoms with Crippen molar-refractivity contribution in [2.75, 3.05) is 6.61 Å². The fourth-order valence-corrected chi connectivity index (χ4v) is 2.30. The molecule has 3 rings (SSSR count). The molecule has 6 nitrogen and oxygen atoms in total. The molecule has 0 aliphatic carbocycles. The lowest BCUT2D eigenvalue weighted by atomic mass is 9.95. The summed E-state index contributed by atoms with van der Waals surface area (Å²) >= 11 is 0. The van der Waals surface area contributed by atoms with Crippen molar-refractivity contribution < 1.29 is 24.3 Å². The predicted octanol–water partition coefficient (Wildman–Crippen LogP) is 0.680. The van der Waals surface area contributed by atoms with Gasteiger partial charge in [-0.1, -0.05) is 18.2 Å². The molecule has 2 aliphatic heterocycles. The molecule has 1 amide bonds. The van der Waals surface area contributed by atoms with Crippen molar-refractivity contribution in [1.82, 2.24) is 5.06 Å². The van der Waals surface area contributed by atoms with Gasteiger partial charge in [0.15, 0.2) is 0 Å². The van der Waals surface area contributed by atoms with E-state index < -0.39 is 17.6 Å². The fourth-order valence-electron chi connectivity index (χ4n) is 2.30. The van der Waals surface area contributed by atoms with E-state index in [-0.39, 0.29) is 12.2 Å². The molecular formula is C13H11NO5. The largest absolute Gasteiger partial charge is 0.462 e. The van der Waals surface area contributed by atoms with E-state index in [1.165, 1.54) is 0 Å². The summed E-state index contributed by atoms with van der Waals surface area (Å²) in [6, 6.07) is 6.50. The van der Waals surface area contributed by atoms with Gasteiger partial charge < -0.3 is 14.7 Å². The van der Waals surface area contributed by atoms with Crippen LogP contribution in [0.4, 0.5) is 0 Å². The number of hydroxylamine groups is 2. The van der Waals surface area contributed by atoms with Crippen LogP contribution in [0.25, 0.3) is 0 Å². The third-order valence-electron chi connectivity index (χ3n) is 3.16. The number of esters is 1. The molecule has 0 fully saturated rings. The van der Waals surface area contributed by atoms with E-state index in [1.807, 2.05) is 0 Å². The third-order valence-corrected chi connectivity index (χ3v) is 3.16.